The van der Waals surface area contributed by atoms with Crippen molar-refractivity contribution in [3.05, 3.63) is 36.7 Å². The summed E-state index contributed by atoms with van der Waals surface area (Å²) in [6.07, 6.45) is 5.86. The zero-order valence-electron chi connectivity index (χ0n) is 5.18. The van der Waals surface area contributed by atoms with Gasteiger partial charge in [-0.1, -0.05) is 25.1 Å². The smallest absolute Gasteiger partial charge is 0.122 e. The Morgan fingerprint density at radius 3 is 2.78 bits per heavy atom. The second-order valence-electron chi connectivity index (χ2n) is 1.43. The van der Waals surface area contributed by atoms with Crippen molar-refractivity contribution < 1.29 is 4.39 Å². The van der Waals surface area contributed by atoms with Gasteiger partial charge in [-0.3, -0.25) is 0 Å². The number of halogens is 1. The van der Waals surface area contributed by atoms with Gasteiger partial charge in [-0.25, -0.2) is 4.39 Å². The highest BCUT2D eigenvalue weighted by Gasteiger charge is 1.79. The lowest BCUT2D eigenvalue weighted by Crippen LogP contribution is -1.63. The van der Waals surface area contributed by atoms with Crippen molar-refractivity contribution in [2.75, 3.05) is 0 Å². The number of rotatable bonds is 3. The molecule has 0 aliphatic carbocycles. The maximum absolute atomic E-state index is 12.2. The molecule has 0 unspecified atom stereocenters. The fraction of sp³-hybridized carbons (Fsp3) is 0.143. The number of hydrogen-bond donors (Lipinski definition) is 0. The fourth-order valence-corrected chi connectivity index (χ4v) is 0.349. The second kappa shape index (κ2) is 5.35. The Balaban J connectivity index is 3.74. The van der Waals surface area contributed by atoms with E-state index in [0.717, 1.165) is 0 Å². The normalized spacial score (nSPS) is 12.3. The number of hydrogen-bond acceptors (Lipinski definition) is 0. The van der Waals surface area contributed by atoms with E-state index in [1.165, 1.54) is 24.3 Å². The Hall–Kier alpha value is -0.785. The summed E-state index contributed by atoms with van der Waals surface area (Å²) in [5.41, 5.74) is 0. The van der Waals surface area contributed by atoms with Gasteiger partial charge in [-0.2, -0.15) is 0 Å². The van der Waals surface area contributed by atoms with Gasteiger partial charge in [0.1, 0.15) is 5.83 Å². The Morgan fingerprint density at radius 2 is 2.33 bits per heavy atom. The highest BCUT2D eigenvalue weighted by molar-refractivity contribution is 6.09. The van der Waals surface area contributed by atoms with Crippen LogP contribution in [0, 0.1) is 0 Å². The maximum atomic E-state index is 12.2. The summed E-state index contributed by atoms with van der Waals surface area (Å²) < 4.78 is 12.2. The van der Waals surface area contributed by atoms with Gasteiger partial charge in [0.25, 0.3) is 0 Å². The van der Waals surface area contributed by atoms with Gasteiger partial charge >= 0.3 is 0 Å². The topological polar surface area (TPSA) is 0 Å². The molecule has 2 radical (unpaired) electrons. The molecule has 0 saturated carbocycles. The largest absolute Gasteiger partial charge is 0.207 e. The number of allylic oxidation sites excluding steroid dienone is 5. The van der Waals surface area contributed by atoms with Crippen LogP contribution in [-0.2, 0) is 0 Å². The first-order chi connectivity index (χ1) is 4.31. The van der Waals surface area contributed by atoms with Gasteiger partial charge in [0, 0.05) is 0 Å². The summed E-state index contributed by atoms with van der Waals surface area (Å²) in [6.45, 7) is 3.33. The van der Waals surface area contributed by atoms with Crippen LogP contribution in [0.1, 0.15) is 0 Å². The van der Waals surface area contributed by atoms with Crippen molar-refractivity contribution in [1.82, 2.24) is 0 Å². The van der Waals surface area contributed by atoms with E-state index in [1.807, 2.05) is 0 Å². The highest BCUT2D eigenvalue weighted by atomic mass is 19.1. The van der Waals surface area contributed by atoms with Crippen LogP contribution >= 0.6 is 0 Å². The van der Waals surface area contributed by atoms with Crippen LogP contribution in [-0.4, -0.2) is 7.85 Å². The molecule has 0 aromatic heterocycles. The first-order valence-corrected chi connectivity index (χ1v) is 2.66. The minimum absolute atomic E-state index is 0.324. The third-order valence-corrected chi connectivity index (χ3v) is 0.690. The molecule has 0 aliphatic rings. The lowest BCUT2D eigenvalue weighted by molar-refractivity contribution is 0.667. The van der Waals surface area contributed by atoms with Crippen molar-refractivity contribution in [3.8, 4) is 0 Å². The first kappa shape index (κ1) is 8.21. The molecule has 9 heavy (non-hydrogen) atoms. The third kappa shape index (κ3) is 5.08. The molecule has 0 fully saturated rings. The molecule has 0 atom stereocenters. The lowest BCUT2D eigenvalue weighted by atomic mass is 10.1. The van der Waals surface area contributed by atoms with Crippen LogP contribution in [0.4, 0.5) is 4.39 Å². The Kier molecular flexibility index (Phi) is 4.89. The lowest BCUT2D eigenvalue weighted by Gasteiger charge is -1.80. The van der Waals surface area contributed by atoms with Crippen molar-refractivity contribution in [1.29, 1.82) is 0 Å². The molecule has 0 aromatic rings. The van der Waals surface area contributed by atoms with Crippen LogP contribution in [0.15, 0.2) is 36.7 Å². The van der Waals surface area contributed by atoms with Crippen molar-refractivity contribution in [3.63, 3.8) is 0 Å². The van der Waals surface area contributed by atoms with Crippen molar-refractivity contribution in [2.24, 2.45) is 0 Å². The van der Waals surface area contributed by atoms with Crippen LogP contribution in [0.3, 0.4) is 0 Å². The average Bonchev–Trinajstić information content (AvgIpc) is 1.85. The molecule has 46 valence electrons. The average molecular weight is 122 g/mol. The van der Waals surface area contributed by atoms with Gasteiger partial charge in [-0.05, 0) is 12.2 Å². The van der Waals surface area contributed by atoms with E-state index in [9.17, 15) is 4.39 Å². The second-order valence-corrected chi connectivity index (χ2v) is 1.43. The molecule has 2 heteroatoms. The molecular formula is C7H8BF. The van der Waals surface area contributed by atoms with E-state index < -0.39 is 0 Å². The summed E-state index contributed by atoms with van der Waals surface area (Å²) in [4.78, 5) is 0. The molecule has 0 rings (SSSR count). The van der Waals surface area contributed by atoms with Crippen LogP contribution in [0.2, 0.25) is 6.32 Å². The molecule has 0 heterocycles. The predicted molar refractivity (Wildman–Crippen MR) is 39.1 cm³/mol. The SMILES string of the molecule is [B]C/C=C\C(F)=C/C=C. The van der Waals surface area contributed by atoms with Gasteiger partial charge < -0.3 is 0 Å². The van der Waals surface area contributed by atoms with Gasteiger partial charge in [0.15, 0.2) is 0 Å². The third-order valence-electron chi connectivity index (χ3n) is 0.690. The summed E-state index contributed by atoms with van der Waals surface area (Å²) in [7, 11) is 5.07. The van der Waals surface area contributed by atoms with E-state index in [4.69, 9.17) is 7.85 Å². The molecule has 0 bridgehead atoms. The molecule has 0 spiro atoms. The Labute approximate surface area is 56.2 Å². The summed E-state index contributed by atoms with van der Waals surface area (Å²) in [5, 5.41) is 0. The summed E-state index contributed by atoms with van der Waals surface area (Å²) >= 11 is 0. The standard InChI is InChI=1S/C7H8BF/c1-2-4-7(9)5-3-6-8/h2-5H,1,6H2/b5-3-,7-4+. The van der Waals surface area contributed by atoms with Crippen LogP contribution in [0.25, 0.3) is 0 Å². The Bertz CT molecular complexity index is 136. The molecule has 0 amide bonds. The van der Waals surface area contributed by atoms with E-state index in [2.05, 4.69) is 6.58 Å². The Morgan fingerprint density at radius 1 is 1.67 bits per heavy atom. The maximum Gasteiger partial charge on any atom is 0.122 e. The first-order valence-electron chi connectivity index (χ1n) is 2.66. The fourth-order valence-electron chi connectivity index (χ4n) is 0.349. The zero-order valence-corrected chi connectivity index (χ0v) is 5.18. The van der Waals surface area contributed by atoms with Crippen LogP contribution in [0.5, 0.6) is 0 Å². The minimum atomic E-state index is -0.324. The van der Waals surface area contributed by atoms with E-state index in [1.54, 1.807) is 0 Å². The molecule has 0 aromatic carbocycles. The van der Waals surface area contributed by atoms with Gasteiger partial charge in [0.05, 0.1) is 7.85 Å². The van der Waals surface area contributed by atoms with Crippen molar-refractivity contribution >= 4 is 7.85 Å². The van der Waals surface area contributed by atoms with Crippen molar-refractivity contribution in [2.45, 2.75) is 6.32 Å². The molecule has 0 saturated heterocycles. The highest BCUT2D eigenvalue weighted by Crippen LogP contribution is 1.98. The minimum Gasteiger partial charge on any atom is -0.207 e. The van der Waals surface area contributed by atoms with Gasteiger partial charge in [-0.15, -0.1) is 0 Å². The van der Waals surface area contributed by atoms with E-state index in [-0.39, 0.29) is 5.83 Å². The summed E-state index contributed by atoms with van der Waals surface area (Å²) in [6, 6.07) is 0. The predicted octanol–water partition coefficient (Wildman–Crippen LogP) is 2.17. The van der Waals surface area contributed by atoms with E-state index >= 15 is 0 Å². The van der Waals surface area contributed by atoms with Crippen LogP contribution < -0.4 is 0 Å². The monoisotopic (exact) mass is 122 g/mol. The molecule has 0 nitrogen and oxygen atoms in total. The van der Waals surface area contributed by atoms with E-state index in [0.29, 0.717) is 6.32 Å². The molecule has 0 N–H and O–H groups in total. The summed E-state index contributed by atoms with van der Waals surface area (Å²) in [5.74, 6) is -0.324. The zero-order chi connectivity index (χ0) is 7.11. The molecular weight excluding hydrogens is 114 g/mol. The van der Waals surface area contributed by atoms with Gasteiger partial charge in [0.2, 0.25) is 0 Å². The quantitative estimate of drug-likeness (QED) is 0.397. The molecule has 0 aliphatic heterocycles.